The van der Waals surface area contributed by atoms with E-state index in [0.29, 0.717) is 12.5 Å². The molecule has 6 unspecified atom stereocenters. The molecule has 0 aromatic heterocycles. The van der Waals surface area contributed by atoms with Gasteiger partial charge in [-0.15, -0.1) is 0 Å². The van der Waals surface area contributed by atoms with E-state index in [4.69, 9.17) is 19.3 Å². The van der Waals surface area contributed by atoms with Gasteiger partial charge in [-0.2, -0.15) is 0 Å². The third-order valence-electron chi connectivity index (χ3n) is 6.34. The van der Waals surface area contributed by atoms with Gasteiger partial charge in [0.05, 0.1) is 12.2 Å². The van der Waals surface area contributed by atoms with Gasteiger partial charge in [-0.3, -0.25) is 10.2 Å². The molecular weight excluding hydrogens is 388 g/mol. The summed E-state index contributed by atoms with van der Waals surface area (Å²) in [5.74, 6) is -0.0468. The highest BCUT2D eigenvalue weighted by Gasteiger charge is 2.68. The Morgan fingerprint density at radius 3 is 2.40 bits per heavy atom. The number of hydrogen-bond acceptors (Lipinski definition) is 6. The second-order valence-corrected chi connectivity index (χ2v) is 8.37. The summed E-state index contributed by atoms with van der Waals surface area (Å²) in [6.45, 7) is 0.839. The molecule has 4 rings (SSSR count). The summed E-state index contributed by atoms with van der Waals surface area (Å²) in [6, 6.07) is 9.55. The summed E-state index contributed by atoms with van der Waals surface area (Å²) in [5.41, 5.74) is 6.57. The summed E-state index contributed by atoms with van der Waals surface area (Å²) in [4.78, 5) is 22.5. The lowest BCUT2D eigenvalue weighted by Crippen LogP contribution is -2.45. The fourth-order valence-electron chi connectivity index (χ4n) is 4.83. The topological polar surface area (TPSA) is 109 Å². The first kappa shape index (κ1) is 21.1. The number of hydrazine groups is 1. The van der Waals surface area contributed by atoms with Gasteiger partial charge in [0.2, 0.25) is 0 Å². The average molecular weight is 418 g/mol. The maximum absolute atomic E-state index is 11.9. The van der Waals surface area contributed by atoms with Crippen molar-refractivity contribution in [3.63, 3.8) is 0 Å². The fraction of sp³-hybridized carbons (Fsp3) is 0.636. The molecule has 6 atom stereocenters. The van der Waals surface area contributed by atoms with Crippen LogP contribution in [0.4, 0.5) is 4.79 Å². The van der Waals surface area contributed by atoms with Crippen molar-refractivity contribution >= 4 is 12.1 Å². The molecule has 0 radical (unpaired) electrons. The highest BCUT2D eigenvalue weighted by Crippen LogP contribution is 2.54. The normalized spacial score (nSPS) is 30.7. The molecule has 0 saturated carbocycles. The lowest BCUT2D eigenvalue weighted by molar-refractivity contribution is -0.137. The first-order valence-corrected chi connectivity index (χ1v) is 10.9. The molecule has 8 nitrogen and oxygen atoms in total. The second kappa shape index (κ2) is 9.76. The Balaban J connectivity index is 1.16. The fourth-order valence-corrected chi connectivity index (χ4v) is 4.83. The molecule has 164 valence electrons. The van der Waals surface area contributed by atoms with Crippen molar-refractivity contribution < 1.29 is 28.9 Å². The van der Waals surface area contributed by atoms with E-state index in [1.165, 1.54) is 0 Å². The lowest BCUT2D eigenvalue weighted by Gasteiger charge is -2.26. The molecule has 3 aliphatic rings. The number of aliphatic carboxylic acids is 1. The van der Waals surface area contributed by atoms with E-state index in [0.717, 1.165) is 37.7 Å². The molecule has 1 amide bonds. The van der Waals surface area contributed by atoms with Crippen LogP contribution in [0.3, 0.4) is 0 Å². The van der Waals surface area contributed by atoms with Crippen molar-refractivity contribution in [1.29, 1.82) is 0 Å². The zero-order chi connectivity index (χ0) is 20.9. The molecule has 0 spiro atoms. The predicted octanol–water partition coefficient (Wildman–Crippen LogP) is 2.62. The Morgan fingerprint density at radius 2 is 1.63 bits per heavy atom. The number of amides is 1. The van der Waals surface area contributed by atoms with Gasteiger partial charge in [0.1, 0.15) is 18.8 Å². The van der Waals surface area contributed by atoms with Crippen LogP contribution in [-0.4, -0.2) is 48.1 Å². The minimum Gasteiger partial charge on any atom is -0.481 e. The van der Waals surface area contributed by atoms with E-state index in [-0.39, 0.29) is 43.4 Å². The summed E-state index contributed by atoms with van der Waals surface area (Å²) >= 11 is 0. The van der Waals surface area contributed by atoms with Crippen LogP contribution in [0.25, 0.3) is 0 Å². The van der Waals surface area contributed by atoms with Gasteiger partial charge in [0.15, 0.2) is 0 Å². The average Bonchev–Trinajstić information content (AvgIpc) is 3.37. The largest absolute Gasteiger partial charge is 0.481 e. The van der Waals surface area contributed by atoms with Crippen LogP contribution in [0.2, 0.25) is 0 Å². The van der Waals surface area contributed by atoms with Crippen molar-refractivity contribution in [1.82, 2.24) is 10.9 Å². The number of ether oxygens (including phenoxy) is 3. The maximum Gasteiger partial charge on any atom is 0.421 e. The van der Waals surface area contributed by atoms with Crippen molar-refractivity contribution in [2.45, 2.75) is 69.5 Å². The molecule has 3 fully saturated rings. The van der Waals surface area contributed by atoms with Crippen molar-refractivity contribution in [3.8, 4) is 0 Å². The third kappa shape index (κ3) is 5.11. The van der Waals surface area contributed by atoms with Crippen molar-refractivity contribution in [2.24, 2.45) is 11.8 Å². The van der Waals surface area contributed by atoms with Crippen LogP contribution in [0.1, 0.15) is 44.1 Å². The summed E-state index contributed by atoms with van der Waals surface area (Å²) in [5, 5.41) is 8.72. The molecular formula is C22H30N2O6. The predicted molar refractivity (Wildman–Crippen MR) is 107 cm³/mol. The third-order valence-corrected chi connectivity index (χ3v) is 6.34. The number of carbonyl (C=O) groups is 2. The maximum atomic E-state index is 11.9. The molecule has 8 heteroatoms. The van der Waals surface area contributed by atoms with Crippen LogP contribution < -0.4 is 10.9 Å². The molecule has 1 aromatic carbocycles. The first-order chi connectivity index (χ1) is 14.6. The number of carboxylic acids is 1. The van der Waals surface area contributed by atoms with Crippen LogP contribution in [0, 0.1) is 11.8 Å². The molecule has 1 aromatic rings. The van der Waals surface area contributed by atoms with Crippen LogP contribution in [-0.2, 0) is 25.6 Å². The Kier molecular flexibility index (Phi) is 6.86. The summed E-state index contributed by atoms with van der Waals surface area (Å²) < 4.78 is 17.1. The second-order valence-electron chi connectivity index (χ2n) is 8.37. The summed E-state index contributed by atoms with van der Waals surface area (Å²) in [6.07, 6.45) is 5.22. The Labute approximate surface area is 176 Å². The van der Waals surface area contributed by atoms with Gasteiger partial charge in [-0.05, 0) is 24.3 Å². The van der Waals surface area contributed by atoms with Crippen LogP contribution in [0.5, 0.6) is 0 Å². The quantitative estimate of drug-likeness (QED) is 0.272. The highest BCUT2D eigenvalue weighted by atomic mass is 16.7. The molecule has 2 bridgehead atoms. The van der Waals surface area contributed by atoms with Gasteiger partial charge >= 0.3 is 12.1 Å². The van der Waals surface area contributed by atoms with Gasteiger partial charge < -0.3 is 19.3 Å². The van der Waals surface area contributed by atoms with E-state index < -0.39 is 12.1 Å². The van der Waals surface area contributed by atoms with E-state index in [1.807, 2.05) is 30.3 Å². The minimum atomic E-state index is -0.727. The number of hydrogen-bond donors (Lipinski definition) is 3. The van der Waals surface area contributed by atoms with E-state index in [2.05, 4.69) is 10.9 Å². The van der Waals surface area contributed by atoms with Gasteiger partial charge in [0, 0.05) is 18.9 Å². The molecule has 3 N–H and O–H groups in total. The summed E-state index contributed by atoms with van der Waals surface area (Å²) in [7, 11) is 0. The van der Waals surface area contributed by atoms with Crippen LogP contribution in [0.15, 0.2) is 30.3 Å². The number of epoxide rings is 1. The minimum absolute atomic E-state index is 0.0895. The number of unbranched alkanes of at least 4 members (excludes halogenated alkanes) is 3. The number of carbonyl (C=O) groups excluding carboxylic acids is 1. The lowest BCUT2D eigenvalue weighted by atomic mass is 9.76. The standard InChI is InChI=1S/C22H30N2O6/c25-17(26)11-7-2-1-6-10-15-16(19-21-20(30-21)18(15)29-19)12-23-24-22(27)28-13-14-8-4-3-5-9-14/h3-5,8-9,15-16,18-21,23H,1-2,6-7,10-13H2,(H,24,27)(H,25,26). The van der Waals surface area contributed by atoms with Gasteiger partial charge in [-0.25, -0.2) is 10.2 Å². The SMILES string of the molecule is O=C(O)CCCCCCC1C(CNNC(=O)OCc2ccccc2)C2OC1C1OC21. The zero-order valence-electron chi connectivity index (χ0n) is 17.0. The first-order valence-electron chi connectivity index (χ1n) is 10.9. The Morgan fingerprint density at radius 1 is 0.933 bits per heavy atom. The number of carboxylic acid groups (broad SMARTS) is 1. The zero-order valence-corrected chi connectivity index (χ0v) is 17.0. The van der Waals surface area contributed by atoms with Crippen molar-refractivity contribution in [2.75, 3.05) is 6.54 Å². The highest BCUT2D eigenvalue weighted by molar-refractivity contribution is 5.66. The molecule has 30 heavy (non-hydrogen) atoms. The van der Waals surface area contributed by atoms with Crippen molar-refractivity contribution in [3.05, 3.63) is 35.9 Å². The van der Waals surface area contributed by atoms with E-state index in [1.54, 1.807) is 0 Å². The van der Waals surface area contributed by atoms with Gasteiger partial charge in [0.25, 0.3) is 0 Å². The number of rotatable bonds is 12. The number of fused-ring (bicyclic) bond motifs is 5. The Bertz CT molecular complexity index is 730. The molecule has 0 aliphatic carbocycles. The number of nitrogens with one attached hydrogen (secondary N) is 2. The van der Waals surface area contributed by atoms with E-state index in [9.17, 15) is 9.59 Å². The molecule has 3 saturated heterocycles. The van der Waals surface area contributed by atoms with Crippen LogP contribution >= 0.6 is 0 Å². The van der Waals surface area contributed by atoms with Gasteiger partial charge in [-0.1, -0.05) is 49.6 Å². The number of benzene rings is 1. The van der Waals surface area contributed by atoms with E-state index >= 15 is 0 Å². The molecule has 3 aliphatic heterocycles. The molecule has 3 heterocycles. The smallest absolute Gasteiger partial charge is 0.421 e. The Hall–Kier alpha value is -2.16. The monoisotopic (exact) mass is 418 g/mol.